The molecule has 10 heteroatoms. The molecular weight excluding hydrogens is 351 g/mol. The van der Waals surface area contributed by atoms with Crippen LogP contribution in [-0.2, 0) is 4.74 Å². The second-order valence-corrected chi connectivity index (χ2v) is 6.58. The van der Waals surface area contributed by atoms with E-state index in [1.165, 1.54) is 35.6 Å². The second kappa shape index (κ2) is 8.37. The third-order valence-electron chi connectivity index (χ3n) is 2.46. The van der Waals surface area contributed by atoms with Gasteiger partial charge in [0.05, 0.1) is 0 Å². The fourth-order valence-electron chi connectivity index (χ4n) is 1.54. The Labute approximate surface area is 139 Å². The Balaban J connectivity index is 1.86. The van der Waals surface area contributed by atoms with Gasteiger partial charge in [-0.15, -0.1) is 23.4 Å². The van der Waals surface area contributed by atoms with Crippen LogP contribution in [0.3, 0.4) is 0 Å². The first-order chi connectivity index (χ1) is 11.0. The molecule has 2 rings (SSSR count). The number of rotatable bonds is 8. The van der Waals surface area contributed by atoms with Crippen LogP contribution in [0.15, 0.2) is 28.6 Å². The molecule has 0 fully saturated rings. The summed E-state index contributed by atoms with van der Waals surface area (Å²) < 4.78 is 45.8. The number of alkyl halides is 3. The van der Waals surface area contributed by atoms with E-state index >= 15 is 0 Å². The molecule has 0 saturated heterocycles. The second-order valence-electron chi connectivity index (χ2n) is 4.27. The lowest BCUT2D eigenvalue weighted by atomic mass is 10.3. The highest BCUT2D eigenvalue weighted by Crippen LogP contribution is 2.29. The molecule has 0 aliphatic heterocycles. The standard InChI is InChI=1S/C13H14F3N3O2S2/c1-20-7-2-8-22-12-19-18-11(23-12)17-9-3-5-10(6-4-9)21-13(14,15)16/h3-6H,2,7-8H2,1H3,(H,17,18). The van der Waals surface area contributed by atoms with Crippen LogP contribution >= 0.6 is 23.1 Å². The molecule has 0 amide bonds. The average molecular weight is 365 g/mol. The number of ether oxygens (including phenoxy) is 2. The average Bonchev–Trinajstić information content (AvgIpc) is 2.92. The molecule has 2 aromatic rings. The molecule has 0 unspecified atom stereocenters. The van der Waals surface area contributed by atoms with Gasteiger partial charge in [0.25, 0.3) is 0 Å². The summed E-state index contributed by atoms with van der Waals surface area (Å²) in [6, 6.07) is 5.43. The SMILES string of the molecule is COCCCSc1nnc(Nc2ccc(OC(F)(F)F)cc2)s1. The number of hydrogen-bond donors (Lipinski definition) is 1. The molecule has 1 aromatic heterocycles. The Kier molecular flexibility index (Phi) is 6.48. The molecule has 126 valence electrons. The van der Waals surface area contributed by atoms with Crippen molar-refractivity contribution in [3.8, 4) is 5.75 Å². The van der Waals surface area contributed by atoms with E-state index in [-0.39, 0.29) is 5.75 Å². The molecular formula is C13H14F3N3O2S2. The van der Waals surface area contributed by atoms with Crippen molar-refractivity contribution in [2.45, 2.75) is 17.1 Å². The topological polar surface area (TPSA) is 56.3 Å². The minimum Gasteiger partial charge on any atom is -0.406 e. The van der Waals surface area contributed by atoms with Gasteiger partial charge in [-0.05, 0) is 30.7 Å². The number of nitrogens with one attached hydrogen (secondary N) is 1. The summed E-state index contributed by atoms with van der Waals surface area (Å²) in [5, 5.41) is 11.6. The Morgan fingerprint density at radius 1 is 1.22 bits per heavy atom. The minimum atomic E-state index is -4.69. The maximum atomic E-state index is 12.1. The van der Waals surface area contributed by atoms with Crippen molar-refractivity contribution in [1.82, 2.24) is 10.2 Å². The molecule has 1 N–H and O–H groups in total. The lowest BCUT2D eigenvalue weighted by molar-refractivity contribution is -0.274. The summed E-state index contributed by atoms with van der Waals surface area (Å²) in [5.74, 6) is 0.612. The van der Waals surface area contributed by atoms with Crippen LogP contribution in [0.2, 0.25) is 0 Å². The molecule has 0 spiro atoms. The summed E-state index contributed by atoms with van der Waals surface area (Å²) in [7, 11) is 1.66. The van der Waals surface area contributed by atoms with E-state index in [1.807, 2.05) is 0 Å². The number of benzene rings is 1. The van der Waals surface area contributed by atoms with Crippen LogP contribution in [0.1, 0.15) is 6.42 Å². The summed E-state index contributed by atoms with van der Waals surface area (Å²) >= 11 is 2.96. The van der Waals surface area contributed by atoms with Crippen LogP contribution in [-0.4, -0.2) is 36.0 Å². The van der Waals surface area contributed by atoms with Crippen molar-refractivity contribution in [3.63, 3.8) is 0 Å². The molecule has 5 nitrogen and oxygen atoms in total. The van der Waals surface area contributed by atoms with Gasteiger partial charge >= 0.3 is 6.36 Å². The van der Waals surface area contributed by atoms with E-state index in [1.54, 1.807) is 18.9 Å². The molecule has 0 aliphatic rings. The first-order valence-corrected chi connectivity index (χ1v) is 8.34. The van der Waals surface area contributed by atoms with Crippen LogP contribution < -0.4 is 10.1 Å². The van der Waals surface area contributed by atoms with E-state index in [0.29, 0.717) is 17.4 Å². The van der Waals surface area contributed by atoms with Gasteiger partial charge in [0.1, 0.15) is 5.75 Å². The smallest absolute Gasteiger partial charge is 0.406 e. The van der Waals surface area contributed by atoms with E-state index in [2.05, 4.69) is 20.3 Å². The van der Waals surface area contributed by atoms with Crippen molar-refractivity contribution in [2.75, 3.05) is 24.8 Å². The zero-order chi connectivity index (χ0) is 16.7. The van der Waals surface area contributed by atoms with Crippen LogP contribution in [0.4, 0.5) is 24.0 Å². The van der Waals surface area contributed by atoms with Crippen LogP contribution in [0, 0.1) is 0 Å². The normalized spacial score (nSPS) is 11.5. The first kappa shape index (κ1) is 17.8. The largest absolute Gasteiger partial charge is 0.573 e. The summed E-state index contributed by atoms with van der Waals surface area (Å²) in [6.07, 6.45) is -3.77. The van der Waals surface area contributed by atoms with E-state index in [0.717, 1.165) is 16.5 Å². The van der Waals surface area contributed by atoms with Gasteiger partial charge in [-0.25, -0.2) is 0 Å². The molecule has 1 heterocycles. The number of hydrogen-bond acceptors (Lipinski definition) is 7. The van der Waals surface area contributed by atoms with Crippen molar-refractivity contribution >= 4 is 33.9 Å². The van der Waals surface area contributed by atoms with Crippen molar-refractivity contribution in [3.05, 3.63) is 24.3 Å². The third kappa shape index (κ3) is 6.63. The Bertz CT molecular complexity index is 605. The number of aromatic nitrogens is 2. The lowest BCUT2D eigenvalue weighted by Crippen LogP contribution is -2.16. The van der Waals surface area contributed by atoms with Gasteiger partial charge in [-0.2, -0.15) is 0 Å². The Hall–Kier alpha value is -1.52. The zero-order valence-corrected chi connectivity index (χ0v) is 13.7. The molecule has 23 heavy (non-hydrogen) atoms. The minimum absolute atomic E-state index is 0.269. The number of nitrogens with zero attached hydrogens (tertiary/aromatic N) is 2. The number of methoxy groups -OCH3 is 1. The maximum Gasteiger partial charge on any atom is 0.573 e. The lowest BCUT2D eigenvalue weighted by Gasteiger charge is -2.09. The number of anilines is 2. The summed E-state index contributed by atoms with van der Waals surface area (Å²) in [4.78, 5) is 0. The van der Waals surface area contributed by atoms with Gasteiger partial charge in [0.15, 0.2) is 4.34 Å². The van der Waals surface area contributed by atoms with Gasteiger partial charge in [0.2, 0.25) is 5.13 Å². The summed E-state index contributed by atoms with van der Waals surface area (Å²) in [6.45, 7) is 0.698. The predicted octanol–water partition coefficient (Wildman–Crippen LogP) is 4.31. The van der Waals surface area contributed by atoms with Gasteiger partial charge in [-0.1, -0.05) is 23.1 Å². The molecule has 0 saturated carbocycles. The molecule has 1 aromatic carbocycles. The van der Waals surface area contributed by atoms with Crippen LogP contribution in [0.25, 0.3) is 0 Å². The van der Waals surface area contributed by atoms with Gasteiger partial charge < -0.3 is 14.8 Å². The fourth-order valence-corrected chi connectivity index (χ4v) is 3.30. The van der Waals surface area contributed by atoms with Gasteiger partial charge in [-0.3, -0.25) is 0 Å². The fraction of sp³-hybridized carbons (Fsp3) is 0.385. The highest BCUT2D eigenvalue weighted by molar-refractivity contribution is 8.01. The maximum absolute atomic E-state index is 12.1. The van der Waals surface area contributed by atoms with Crippen molar-refractivity contribution in [2.24, 2.45) is 0 Å². The van der Waals surface area contributed by atoms with Gasteiger partial charge in [0, 0.05) is 25.2 Å². The van der Waals surface area contributed by atoms with E-state index in [9.17, 15) is 13.2 Å². The third-order valence-corrected chi connectivity index (χ3v) is 4.52. The molecule has 0 atom stereocenters. The van der Waals surface area contributed by atoms with Crippen LogP contribution in [0.5, 0.6) is 5.75 Å². The zero-order valence-electron chi connectivity index (χ0n) is 12.1. The Morgan fingerprint density at radius 3 is 2.61 bits per heavy atom. The molecule has 0 radical (unpaired) electrons. The highest BCUT2D eigenvalue weighted by Gasteiger charge is 2.30. The predicted molar refractivity (Wildman–Crippen MR) is 83.5 cm³/mol. The molecule has 0 bridgehead atoms. The van der Waals surface area contributed by atoms with Crippen molar-refractivity contribution < 1.29 is 22.6 Å². The molecule has 0 aliphatic carbocycles. The van der Waals surface area contributed by atoms with E-state index < -0.39 is 6.36 Å². The number of halogens is 3. The quantitative estimate of drug-likeness (QED) is 0.556. The van der Waals surface area contributed by atoms with E-state index in [4.69, 9.17) is 4.74 Å². The monoisotopic (exact) mass is 365 g/mol. The highest BCUT2D eigenvalue weighted by atomic mass is 32.2. The van der Waals surface area contributed by atoms with Crippen molar-refractivity contribution in [1.29, 1.82) is 0 Å². The summed E-state index contributed by atoms with van der Waals surface area (Å²) in [5.41, 5.74) is 0.603. The first-order valence-electron chi connectivity index (χ1n) is 6.54. The number of thioether (sulfide) groups is 1. The Morgan fingerprint density at radius 2 is 1.96 bits per heavy atom.